The van der Waals surface area contributed by atoms with Crippen LogP contribution < -0.4 is 9.47 Å². The van der Waals surface area contributed by atoms with E-state index < -0.39 is 0 Å². The quantitative estimate of drug-likeness (QED) is 0.777. The lowest BCUT2D eigenvalue weighted by atomic mass is 9.97. The standard InChI is InChI=1S/C16H23NO4/c1-11(7-16(18)21-4)17-6-5-12-8-14(19-2)15(20-3)9-13(12)10-17/h8-9,11H,5-7,10H2,1-4H3. The van der Waals surface area contributed by atoms with Crippen molar-refractivity contribution in [2.45, 2.75) is 32.4 Å². The second-order valence-corrected chi connectivity index (χ2v) is 5.33. The molecule has 0 aliphatic carbocycles. The summed E-state index contributed by atoms with van der Waals surface area (Å²) in [5.74, 6) is 1.35. The molecule has 0 N–H and O–H groups in total. The van der Waals surface area contributed by atoms with Gasteiger partial charge in [0.05, 0.1) is 27.8 Å². The summed E-state index contributed by atoms with van der Waals surface area (Å²) in [6.07, 6.45) is 1.36. The highest BCUT2D eigenvalue weighted by Gasteiger charge is 2.24. The molecule has 0 aromatic heterocycles. The highest BCUT2D eigenvalue weighted by atomic mass is 16.5. The first-order chi connectivity index (χ1) is 10.1. The SMILES string of the molecule is COC(=O)CC(C)N1CCc2cc(OC)c(OC)cc2C1. The Morgan fingerprint density at radius 2 is 1.81 bits per heavy atom. The molecule has 0 spiro atoms. The summed E-state index contributed by atoms with van der Waals surface area (Å²) in [6.45, 7) is 3.80. The Morgan fingerprint density at radius 1 is 1.19 bits per heavy atom. The highest BCUT2D eigenvalue weighted by Crippen LogP contribution is 2.33. The van der Waals surface area contributed by atoms with Gasteiger partial charge in [-0.1, -0.05) is 0 Å². The molecule has 1 aliphatic heterocycles. The summed E-state index contributed by atoms with van der Waals surface area (Å²) in [6, 6.07) is 4.25. The summed E-state index contributed by atoms with van der Waals surface area (Å²) in [5.41, 5.74) is 2.52. The van der Waals surface area contributed by atoms with E-state index in [0.717, 1.165) is 31.0 Å². The number of esters is 1. The van der Waals surface area contributed by atoms with Gasteiger partial charge in [-0.15, -0.1) is 0 Å². The second kappa shape index (κ2) is 6.80. The average molecular weight is 293 g/mol. The number of carbonyl (C=O) groups is 1. The van der Waals surface area contributed by atoms with E-state index in [1.807, 2.05) is 6.07 Å². The van der Waals surface area contributed by atoms with Gasteiger partial charge in [-0.05, 0) is 36.6 Å². The number of nitrogens with zero attached hydrogens (tertiary/aromatic N) is 1. The third kappa shape index (κ3) is 3.47. The first-order valence-electron chi connectivity index (χ1n) is 7.13. The van der Waals surface area contributed by atoms with Gasteiger partial charge in [0.25, 0.3) is 0 Å². The summed E-state index contributed by atoms with van der Waals surface area (Å²) in [4.78, 5) is 13.7. The number of ether oxygens (including phenoxy) is 3. The number of rotatable bonds is 5. The van der Waals surface area contributed by atoms with Crippen LogP contribution in [0.2, 0.25) is 0 Å². The molecule has 1 heterocycles. The van der Waals surface area contributed by atoms with Crippen LogP contribution in [0, 0.1) is 0 Å². The minimum atomic E-state index is -0.166. The van der Waals surface area contributed by atoms with Gasteiger partial charge in [0.2, 0.25) is 0 Å². The van der Waals surface area contributed by atoms with Crippen LogP contribution in [0.1, 0.15) is 24.5 Å². The van der Waals surface area contributed by atoms with E-state index in [0.29, 0.717) is 6.42 Å². The van der Waals surface area contributed by atoms with Crippen LogP contribution in [0.3, 0.4) is 0 Å². The maximum absolute atomic E-state index is 11.4. The zero-order valence-corrected chi connectivity index (χ0v) is 13.1. The third-order valence-corrected chi connectivity index (χ3v) is 4.06. The minimum Gasteiger partial charge on any atom is -0.493 e. The smallest absolute Gasteiger partial charge is 0.307 e. The van der Waals surface area contributed by atoms with Crippen molar-refractivity contribution < 1.29 is 19.0 Å². The number of carbonyl (C=O) groups excluding carboxylic acids is 1. The lowest BCUT2D eigenvalue weighted by Gasteiger charge is -2.33. The van der Waals surface area contributed by atoms with Crippen molar-refractivity contribution in [3.05, 3.63) is 23.3 Å². The van der Waals surface area contributed by atoms with E-state index in [4.69, 9.17) is 14.2 Å². The normalized spacial score (nSPS) is 16.0. The van der Waals surface area contributed by atoms with Crippen molar-refractivity contribution in [1.82, 2.24) is 4.90 Å². The molecule has 0 amide bonds. The molecule has 1 aromatic rings. The molecular formula is C16H23NO4. The lowest BCUT2D eigenvalue weighted by Crippen LogP contribution is -2.38. The van der Waals surface area contributed by atoms with Crippen molar-refractivity contribution in [3.63, 3.8) is 0 Å². The van der Waals surface area contributed by atoms with E-state index in [1.165, 1.54) is 18.2 Å². The Hall–Kier alpha value is -1.75. The number of hydrogen-bond acceptors (Lipinski definition) is 5. The van der Waals surface area contributed by atoms with Gasteiger partial charge in [-0.25, -0.2) is 0 Å². The molecule has 5 heteroatoms. The zero-order valence-electron chi connectivity index (χ0n) is 13.1. The molecule has 116 valence electrons. The van der Waals surface area contributed by atoms with Crippen LogP contribution in [0.25, 0.3) is 0 Å². The Balaban J connectivity index is 2.14. The van der Waals surface area contributed by atoms with E-state index in [-0.39, 0.29) is 12.0 Å². The minimum absolute atomic E-state index is 0.165. The molecule has 5 nitrogen and oxygen atoms in total. The molecule has 0 fully saturated rings. The number of hydrogen-bond donors (Lipinski definition) is 0. The molecule has 2 rings (SSSR count). The van der Waals surface area contributed by atoms with Crippen molar-refractivity contribution in [2.75, 3.05) is 27.9 Å². The summed E-state index contributed by atoms with van der Waals surface area (Å²) in [5, 5.41) is 0. The maximum atomic E-state index is 11.4. The molecule has 0 radical (unpaired) electrons. The van der Waals surface area contributed by atoms with Crippen LogP contribution in [-0.4, -0.2) is 44.8 Å². The van der Waals surface area contributed by atoms with Gasteiger partial charge < -0.3 is 14.2 Å². The largest absolute Gasteiger partial charge is 0.493 e. The fourth-order valence-electron chi connectivity index (χ4n) is 2.73. The van der Waals surface area contributed by atoms with Crippen molar-refractivity contribution in [1.29, 1.82) is 0 Å². The van der Waals surface area contributed by atoms with Gasteiger partial charge in [-0.3, -0.25) is 9.69 Å². The topological polar surface area (TPSA) is 48.0 Å². The molecule has 0 saturated heterocycles. The van der Waals surface area contributed by atoms with Crippen LogP contribution in [0.4, 0.5) is 0 Å². The van der Waals surface area contributed by atoms with Crippen LogP contribution in [0.5, 0.6) is 11.5 Å². The van der Waals surface area contributed by atoms with Crippen molar-refractivity contribution in [3.8, 4) is 11.5 Å². The number of benzene rings is 1. The van der Waals surface area contributed by atoms with Gasteiger partial charge in [0.15, 0.2) is 11.5 Å². The molecule has 1 unspecified atom stereocenters. The fraction of sp³-hybridized carbons (Fsp3) is 0.562. The Bertz CT molecular complexity index is 515. The van der Waals surface area contributed by atoms with Crippen molar-refractivity contribution >= 4 is 5.97 Å². The van der Waals surface area contributed by atoms with E-state index in [1.54, 1.807) is 14.2 Å². The molecule has 1 aromatic carbocycles. The average Bonchev–Trinajstić information content (AvgIpc) is 2.52. The predicted molar refractivity (Wildman–Crippen MR) is 79.8 cm³/mol. The first-order valence-corrected chi connectivity index (χ1v) is 7.13. The number of fused-ring (bicyclic) bond motifs is 1. The van der Waals surface area contributed by atoms with E-state index in [9.17, 15) is 4.79 Å². The third-order valence-electron chi connectivity index (χ3n) is 4.06. The Kier molecular flexibility index (Phi) is 5.07. The molecular weight excluding hydrogens is 270 g/mol. The lowest BCUT2D eigenvalue weighted by molar-refractivity contribution is -0.142. The van der Waals surface area contributed by atoms with Crippen LogP contribution in [-0.2, 0) is 22.5 Å². The van der Waals surface area contributed by atoms with Crippen LogP contribution >= 0.6 is 0 Å². The van der Waals surface area contributed by atoms with Gasteiger partial charge in [0.1, 0.15) is 0 Å². The zero-order chi connectivity index (χ0) is 15.4. The van der Waals surface area contributed by atoms with Crippen LogP contribution in [0.15, 0.2) is 12.1 Å². The summed E-state index contributed by atoms with van der Waals surface area (Å²) >= 11 is 0. The molecule has 0 saturated carbocycles. The van der Waals surface area contributed by atoms with Gasteiger partial charge >= 0.3 is 5.97 Å². The Morgan fingerprint density at radius 3 is 2.38 bits per heavy atom. The van der Waals surface area contributed by atoms with Gasteiger partial charge in [0, 0.05) is 19.1 Å². The maximum Gasteiger partial charge on any atom is 0.307 e. The molecule has 21 heavy (non-hydrogen) atoms. The summed E-state index contributed by atoms with van der Waals surface area (Å²) < 4.78 is 15.5. The summed E-state index contributed by atoms with van der Waals surface area (Å²) in [7, 11) is 4.72. The predicted octanol–water partition coefficient (Wildman–Crippen LogP) is 2.01. The molecule has 1 atom stereocenters. The number of methoxy groups -OCH3 is 3. The van der Waals surface area contributed by atoms with E-state index in [2.05, 4.69) is 17.9 Å². The van der Waals surface area contributed by atoms with Crippen molar-refractivity contribution in [2.24, 2.45) is 0 Å². The molecule has 1 aliphatic rings. The van der Waals surface area contributed by atoms with E-state index >= 15 is 0 Å². The monoisotopic (exact) mass is 293 g/mol. The fourth-order valence-corrected chi connectivity index (χ4v) is 2.73. The van der Waals surface area contributed by atoms with Gasteiger partial charge in [-0.2, -0.15) is 0 Å². The first kappa shape index (κ1) is 15.6. The highest BCUT2D eigenvalue weighted by molar-refractivity contribution is 5.69. The second-order valence-electron chi connectivity index (χ2n) is 5.33. The molecule has 0 bridgehead atoms. The Labute approximate surface area is 125 Å².